The van der Waals surface area contributed by atoms with Crippen molar-refractivity contribution < 1.29 is 22.7 Å². The van der Waals surface area contributed by atoms with Gasteiger partial charge in [-0.3, -0.25) is 4.79 Å². The molecule has 2 aromatic rings. The predicted octanol–water partition coefficient (Wildman–Crippen LogP) is 3.68. The van der Waals surface area contributed by atoms with Gasteiger partial charge in [0.15, 0.2) is 11.5 Å². The minimum atomic E-state index is -3.73. The van der Waals surface area contributed by atoms with Crippen LogP contribution in [0.4, 0.5) is 0 Å². The summed E-state index contributed by atoms with van der Waals surface area (Å²) in [7, 11) is -3.73. The van der Waals surface area contributed by atoms with E-state index in [1.807, 2.05) is 39.0 Å². The number of nitrogens with one attached hydrogen (secondary N) is 2. The van der Waals surface area contributed by atoms with E-state index in [1.54, 1.807) is 12.1 Å². The van der Waals surface area contributed by atoms with Gasteiger partial charge < -0.3 is 14.8 Å². The van der Waals surface area contributed by atoms with Gasteiger partial charge in [-0.25, -0.2) is 13.1 Å². The molecule has 0 saturated carbocycles. The Morgan fingerprint density at radius 3 is 2.43 bits per heavy atom. The van der Waals surface area contributed by atoms with Gasteiger partial charge in [0, 0.05) is 18.0 Å². The fourth-order valence-electron chi connectivity index (χ4n) is 2.75. The van der Waals surface area contributed by atoms with Crippen LogP contribution in [0, 0.1) is 0 Å². The molecule has 0 aliphatic rings. The minimum Gasteiger partial charge on any atom is -0.490 e. The highest BCUT2D eigenvalue weighted by molar-refractivity contribution is 7.89. The number of hydrogen-bond acceptors (Lipinski definition) is 5. The SMILES string of the molecule is CCOc1ccc(C(C)NC(=O)CCNS(=O)(=O)c2cccc(Cl)c2)cc1OCC. The van der Waals surface area contributed by atoms with Crippen LogP contribution in [-0.2, 0) is 14.8 Å². The Bertz CT molecular complexity index is 966. The number of halogens is 1. The van der Waals surface area contributed by atoms with Crippen molar-refractivity contribution in [3.05, 3.63) is 53.1 Å². The van der Waals surface area contributed by atoms with E-state index in [-0.39, 0.29) is 29.8 Å². The molecule has 0 aliphatic heterocycles. The van der Waals surface area contributed by atoms with E-state index in [0.29, 0.717) is 29.7 Å². The van der Waals surface area contributed by atoms with Crippen LogP contribution in [0.5, 0.6) is 11.5 Å². The zero-order valence-corrected chi connectivity index (χ0v) is 18.8. The van der Waals surface area contributed by atoms with Gasteiger partial charge in [0.05, 0.1) is 24.2 Å². The lowest BCUT2D eigenvalue weighted by atomic mass is 10.1. The lowest BCUT2D eigenvalue weighted by molar-refractivity contribution is -0.121. The number of benzene rings is 2. The van der Waals surface area contributed by atoms with Gasteiger partial charge in [0.25, 0.3) is 0 Å². The molecule has 2 aromatic carbocycles. The van der Waals surface area contributed by atoms with Crippen LogP contribution in [0.2, 0.25) is 5.02 Å². The molecule has 9 heteroatoms. The Hall–Kier alpha value is -2.29. The highest BCUT2D eigenvalue weighted by Gasteiger charge is 2.16. The van der Waals surface area contributed by atoms with Crippen LogP contribution >= 0.6 is 11.6 Å². The standard InChI is InChI=1S/C21H27ClN2O5S/c1-4-28-19-10-9-16(13-20(19)29-5-2)15(3)24-21(25)11-12-23-30(26,27)18-8-6-7-17(22)14-18/h6-10,13-15,23H,4-5,11-12H2,1-3H3,(H,24,25). The van der Waals surface area contributed by atoms with Gasteiger partial charge >= 0.3 is 0 Å². The van der Waals surface area contributed by atoms with Crippen molar-refractivity contribution in [1.82, 2.24) is 10.0 Å². The van der Waals surface area contributed by atoms with E-state index in [2.05, 4.69) is 10.0 Å². The second kappa shape index (κ2) is 11.2. The molecule has 0 aliphatic carbocycles. The molecule has 1 amide bonds. The number of amides is 1. The number of rotatable bonds is 11. The predicted molar refractivity (Wildman–Crippen MR) is 117 cm³/mol. The third-order valence-electron chi connectivity index (χ3n) is 4.20. The third-order valence-corrected chi connectivity index (χ3v) is 5.89. The molecule has 30 heavy (non-hydrogen) atoms. The van der Waals surface area contributed by atoms with Gasteiger partial charge in [0.1, 0.15) is 0 Å². The van der Waals surface area contributed by atoms with Crippen molar-refractivity contribution in [2.45, 2.75) is 38.1 Å². The van der Waals surface area contributed by atoms with Crippen molar-refractivity contribution in [3.63, 3.8) is 0 Å². The quantitative estimate of drug-likeness (QED) is 0.540. The number of sulfonamides is 1. The molecular formula is C21H27ClN2O5S. The van der Waals surface area contributed by atoms with Crippen LogP contribution in [0.3, 0.4) is 0 Å². The van der Waals surface area contributed by atoms with E-state index < -0.39 is 10.0 Å². The first-order chi connectivity index (χ1) is 14.3. The van der Waals surface area contributed by atoms with Gasteiger partial charge in [-0.2, -0.15) is 0 Å². The first kappa shape index (κ1) is 24.0. The normalized spacial score (nSPS) is 12.3. The average molecular weight is 455 g/mol. The molecule has 0 heterocycles. The van der Waals surface area contributed by atoms with E-state index in [1.165, 1.54) is 12.1 Å². The van der Waals surface area contributed by atoms with Crippen molar-refractivity contribution >= 4 is 27.5 Å². The molecule has 0 fully saturated rings. The smallest absolute Gasteiger partial charge is 0.240 e. The van der Waals surface area contributed by atoms with Crippen LogP contribution in [0.15, 0.2) is 47.4 Å². The van der Waals surface area contributed by atoms with E-state index in [0.717, 1.165) is 5.56 Å². The topological polar surface area (TPSA) is 93.7 Å². The monoisotopic (exact) mass is 454 g/mol. The van der Waals surface area contributed by atoms with Crippen molar-refractivity contribution in [2.24, 2.45) is 0 Å². The Balaban J connectivity index is 1.92. The summed E-state index contributed by atoms with van der Waals surface area (Å²) in [5, 5.41) is 3.19. The van der Waals surface area contributed by atoms with Crippen LogP contribution in [0.25, 0.3) is 0 Å². The fourth-order valence-corrected chi connectivity index (χ4v) is 4.08. The van der Waals surface area contributed by atoms with E-state index in [9.17, 15) is 13.2 Å². The highest BCUT2D eigenvalue weighted by atomic mass is 35.5. The maximum Gasteiger partial charge on any atom is 0.240 e. The zero-order chi connectivity index (χ0) is 22.1. The first-order valence-corrected chi connectivity index (χ1v) is 11.6. The second-order valence-corrected chi connectivity index (χ2v) is 8.67. The Morgan fingerprint density at radius 2 is 1.77 bits per heavy atom. The molecule has 2 rings (SSSR count). The molecule has 0 saturated heterocycles. The molecule has 2 N–H and O–H groups in total. The lowest BCUT2D eigenvalue weighted by Gasteiger charge is -2.17. The molecule has 0 radical (unpaired) electrons. The number of ether oxygens (including phenoxy) is 2. The largest absolute Gasteiger partial charge is 0.490 e. The van der Waals surface area contributed by atoms with E-state index in [4.69, 9.17) is 21.1 Å². The van der Waals surface area contributed by atoms with Gasteiger partial charge in [-0.1, -0.05) is 23.7 Å². The highest BCUT2D eigenvalue weighted by Crippen LogP contribution is 2.30. The fraction of sp³-hybridized carbons (Fsp3) is 0.381. The van der Waals surface area contributed by atoms with Gasteiger partial charge in [0.2, 0.25) is 15.9 Å². The minimum absolute atomic E-state index is 0.000514. The summed E-state index contributed by atoms with van der Waals surface area (Å²) >= 11 is 5.84. The first-order valence-electron chi connectivity index (χ1n) is 9.71. The molecule has 0 spiro atoms. The van der Waals surface area contributed by atoms with Crippen molar-refractivity contribution in [1.29, 1.82) is 0 Å². The summed E-state index contributed by atoms with van der Waals surface area (Å²) in [6.07, 6.45) is -0.000514. The lowest BCUT2D eigenvalue weighted by Crippen LogP contribution is -2.32. The van der Waals surface area contributed by atoms with Crippen LogP contribution in [0.1, 0.15) is 38.8 Å². The van der Waals surface area contributed by atoms with Gasteiger partial charge in [-0.05, 0) is 56.7 Å². The van der Waals surface area contributed by atoms with Crippen LogP contribution in [-0.4, -0.2) is 34.1 Å². The summed E-state index contributed by atoms with van der Waals surface area (Å²) < 4.78 is 38.1. The molecule has 7 nitrogen and oxygen atoms in total. The summed E-state index contributed by atoms with van der Waals surface area (Å²) in [5.74, 6) is 0.993. The molecule has 0 bridgehead atoms. The van der Waals surface area contributed by atoms with E-state index >= 15 is 0 Å². The second-order valence-electron chi connectivity index (χ2n) is 6.47. The Kier molecular flexibility index (Phi) is 8.95. The number of hydrogen-bond donors (Lipinski definition) is 2. The zero-order valence-electron chi connectivity index (χ0n) is 17.3. The van der Waals surface area contributed by atoms with Crippen molar-refractivity contribution in [2.75, 3.05) is 19.8 Å². The molecule has 1 unspecified atom stereocenters. The number of carbonyl (C=O) groups excluding carboxylic acids is 1. The maximum absolute atomic E-state index is 12.3. The summed E-state index contributed by atoms with van der Waals surface area (Å²) in [4.78, 5) is 12.3. The number of carbonyl (C=O) groups is 1. The summed E-state index contributed by atoms with van der Waals surface area (Å²) in [6, 6.07) is 11.2. The third kappa shape index (κ3) is 6.90. The molecule has 0 aromatic heterocycles. The van der Waals surface area contributed by atoms with Gasteiger partial charge in [-0.15, -0.1) is 0 Å². The summed E-state index contributed by atoms with van der Waals surface area (Å²) in [6.45, 7) is 6.62. The molecule has 164 valence electrons. The maximum atomic E-state index is 12.3. The van der Waals surface area contributed by atoms with Crippen LogP contribution < -0.4 is 19.5 Å². The Labute approximate surface area is 182 Å². The average Bonchev–Trinajstić information content (AvgIpc) is 2.69. The van der Waals surface area contributed by atoms with Crippen molar-refractivity contribution in [3.8, 4) is 11.5 Å². The molecular weight excluding hydrogens is 428 g/mol. The molecule has 1 atom stereocenters. The summed E-state index contributed by atoms with van der Waals surface area (Å²) in [5.41, 5.74) is 0.856. The Morgan fingerprint density at radius 1 is 1.07 bits per heavy atom.